The van der Waals surface area contributed by atoms with Crippen LogP contribution in [-0.4, -0.2) is 40.0 Å². The van der Waals surface area contributed by atoms with Gasteiger partial charge < -0.3 is 10.0 Å². The van der Waals surface area contributed by atoms with Crippen molar-refractivity contribution in [1.29, 1.82) is 0 Å². The van der Waals surface area contributed by atoms with Gasteiger partial charge in [-0.1, -0.05) is 18.2 Å². The van der Waals surface area contributed by atoms with E-state index in [1.165, 1.54) is 0 Å². The minimum Gasteiger partial charge on any atom is -0.481 e. The van der Waals surface area contributed by atoms with E-state index >= 15 is 0 Å². The third-order valence-corrected chi connectivity index (χ3v) is 4.35. The molecule has 2 aromatic rings. The molecule has 1 aromatic carbocycles. The molecule has 2 heterocycles. The van der Waals surface area contributed by atoms with Gasteiger partial charge in [0, 0.05) is 24.2 Å². The molecule has 1 aromatic heterocycles. The van der Waals surface area contributed by atoms with Crippen LogP contribution in [0.2, 0.25) is 0 Å². The summed E-state index contributed by atoms with van der Waals surface area (Å²) in [5.41, 5.74) is 1.30. The number of aliphatic carboxylic acids is 1. The van der Waals surface area contributed by atoms with Gasteiger partial charge in [0.25, 0.3) is 5.91 Å². The summed E-state index contributed by atoms with van der Waals surface area (Å²) in [6.07, 6.45) is 0.482. The molecule has 114 valence electrons. The molecule has 0 aliphatic carbocycles. The summed E-state index contributed by atoms with van der Waals surface area (Å²) in [4.78, 5) is 30.2. The van der Waals surface area contributed by atoms with Crippen LogP contribution >= 0.6 is 0 Å². The van der Waals surface area contributed by atoms with E-state index in [2.05, 4.69) is 4.98 Å². The van der Waals surface area contributed by atoms with Gasteiger partial charge in [0.15, 0.2) is 0 Å². The van der Waals surface area contributed by atoms with Crippen molar-refractivity contribution in [3.63, 3.8) is 0 Å². The van der Waals surface area contributed by atoms with Crippen LogP contribution in [0.4, 0.5) is 0 Å². The van der Waals surface area contributed by atoms with Gasteiger partial charge in [0.2, 0.25) is 0 Å². The molecule has 5 nitrogen and oxygen atoms in total. The quantitative estimate of drug-likeness (QED) is 0.924. The first-order valence-electron chi connectivity index (χ1n) is 7.30. The molecule has 1 amide bonds. The maximum atomic E-state index is 12.8. The van der Waals surface area contributed by atoms with Crippen molar-refractivity contribution >= 4 is 22.8 Å². The zero-order valence-corrected chi connectivity index (χ0v) is 12.7. The predicted molar refractivity (Wildman–Crippen MR) is 82.7 cm³/mol. The summed E-state index contributed by atoms with van der Waals surface area (Å²) in [5.74, 6) is -0.967. The van der Waals surface area contributed by atoms with Crippen LogP contribution < -0.4 is 0 Å². The van der Waals surface area contributed by atoms with E-state index in [1.807, 2.05) is 31.2 Å². The van der Waals surface area contributed by atoms with Crippen LogP contribution in [0.5, 0.6) is 0 Å². The number of hydrogen-bond acceptors (Lipinski definition) is 3. The first-order valence-corrected chi connectivity index (χ1v) is 7.30. The second-order valence-corrected chi connectivity index (χ2v) is 6.17. The first-order chi connectivity index (χ1) is 10.4. The van der Waals surface area contributed by atoms with E-state index in [9.17, 15) is 14.7 Å². The molecule has 0 spiro atoms. The average Bonchev–Trinajstić information content (AvgIpc) is 2.89. The Morgan fingerprint density at radius 1 is 1.32 bits per heavy atom. The molecule has 1 atom stereocenters. The van der Waals surface area contributed by atoms with Crippen molar-refractivity contribution in [3.05, 3.63) is 41.6 Å². The number of fused-ring (bicyclic) bond motifs is 1. The SMILES string of the molecule is Cc1cc(C(=O)N2CC[C@@](C)(C(=O)O)C2)c2ccccc2n1. The lowest BCUT2D eigenvalue weighted by Gasteiger charge is -2.21. The molecule has 22 heavy (non-hydrogen) atoms. The van der Waals surface area contributed by atoms with Gasteiger partial charge in [0.05, 0.1) is 16.5 Å². The molecule has 0 unspecified atom stereocenters. The number of carboxylic acid groups (broad SMARTS) is 1. The molecule has 5 heteroatoms. The Balaban J connectivity index is 1.99. The number of amides is 1. The lowest BCUT2D eigenvalue weighted by atomic mass is 9.90. The van der Waals surface area contributed by atoms with Gasteiger partial charge in [-0.2, -0.15) is 0 Å². The number of para-hydroxylation sites is 1. The second-order valence-electron chi connectivity index (χ2n) is 6.17. The number of carbonyl (C=O) groups is 2. The highest BCUT2D eigenvalue weighted by atomic mass is 16.4. The average molecular weight is 298 g/mol. The first kappa shape index (κ1) is 14.5. The fourth-order valence-corrected chi connectivity index (χ4v) is 2.96. The van der Waals surface area contributed by atoms with E-state index in [-0.39, 0.29) is 12.5 Å². The monoisotopic (exact) mass is 298 g/mol. The van der Waals surface area contributed by atoms with E-state index in [0.29, 0.717) is 18.5 Å². The highest BCUT2D eigenvalue weighted by molar-refractivity contribution is 6.06. The number of carboxylic acids is 1. The number of hydrogen-bond donors (Lipinski definition) is 1. The van der Waals surface area contributed by atoms with Crippen LogP contribution in [0.15, 0.2) is 30.3 Å². The Morgan fingerprint density at radius 3 is 2.73 bits per heavy atom. The Hall–Kier alpha value is -2.43. The van der Waals surface area contributed by atoms with Crippen LogP contribution in [0.25, 0.3) is 10.9 Å². The summed E-state index contributed by atoms with van der Waals surface area (Å²) in [6.45, 7) is 4.27. The maximum absolute atomic E-state index is 12.8. The molecule has 1 aliphatic rings. The molecule has 1 aliphatic heterocycles. The van der Waals surface area contributed by atoms with Gasteiger partial charge in [-0.15, -0.1) is 0 Å². The van der Waals surface area contributed by atoms with E-state index in [0.717, 1.165) is 16.6 Å². The summed E-state index contributed by atoms with van der Waals surface area (Å²) >= 11 is 0. The number of benzene rings is 1. The van der Waals surface area contributed by atoms with E-state index in [4.69, 9.17) is 0 Å². The smallest absolute Gasteiger partial charge is 0.311 e. The number of pyridine rings is 1. The molecule has 0 bridgehead atoms. The Labute approximate surface area is 128 Å². The third kappa shape index (κ3) is 2.32. The highest BCUT2D eigenvalue weighted by Crippen LogP contribution is 2.32. The van der Waals surface area contributed by atoms with Crippen molar-refractivity contribution in [1.82, 2.24) is 9.88 Å². The topological polar surface area (TPSA) is 70.5 Å². The fraction of sp³-hybridized carbons (Fsp3) is 0.353. The third-order valence-electron chi connectivity index (χ3n) is 4.35. The zero-order chi connectivity index (χ0) is 15.9. The number of likely N-dealkylation sites (tertiary alicyclic amines) is 1. The summed E-state index contributed by atoms with van der Waals surface area (Å²) < 4.78 is 0. The number of carbonyl (C=O) groups excluding carboxylic acids is 1. The normalized spacial score (nSPS) is 21.3. The lowest BCUT2D eigenvalue weighted by Crippen LogP contribution is -2.35. The maximum Gasteiger partial charge on any atom is 0.311 e. The van der Waals surface area contributed by atoms with Crippen molar-refractivity contribution in [3.8, 4) is 0 Å². The predicted octanol–water partition coefficient (Wildman–Crippen LogP) is 2.48. The largest absolute Gasteiger partial charge is 0.481 e. The molecule has 0 saturated carbocycles. The molecule has 1 saturated heterocycles. The number of rotatable bonds is 2. The van der Waals surface area contributed by atoms with Gasteiger partial charge in [-0.3, -0.25) is 14.6 Å². The van der Waals surface area contributed by atoms with Gasteiger partial charge >= 0.3 is 5.97 Å². The Kier molecular flexibility index (Phi) is 3.35. The van der Waals surface area contributed by atoms with Crippen molar-refractivity contribution < 1.29 is 14.7 Å². The Bertz CT molecular complexity index is 772. The molecule has 1 fully saturated rings. The second kappa shape index (κ2) is 5.09. The molecule has 1 N–H and O–H groups in total. The van der Waals surface area contributed by atoms with Crippen molar-refractivity contribution in [2.75, 3.05) is 13.1 Å². The van der Waals surface area contributed by atoms with Crippen molar-refractivity contribution in [2.45, 2.75) is 20.3 Å². The summed E-state index contributed by atoms with van der Waals surface area (Å²) in [5, 5.41) is 10.1. The minimum atomic E-state index is -0.854. The molecule has 3 rings (SSSR count). The van der Waals surface area contributed by atoms with Crippen LogP contribution in [0.3, 0.4) is 0 Å². The van der Waals surface area contributed by atoms with Gasteiger partial charge in [0.1, 0.15) is 0 Å². The van der Waals surface area contributed by atoms with E-state index < -0.39 is 11.4 Å². The molecular formula is C17H18N2O3. The van der Waals surface area contributed by atoms with Crippen LogP contribution in [0.1, 0.15) is 29.4 Å². The van der Waals surface area contributed by atoms with Crippen molar-refractivity contribution in [2.24, 2.45) is 5.41 Å². The molecule has 0 radical (unpaired) electrons. The highest BCUT2D eigenvalue weighted by Gasteiger charge is 2.42. The van der Waals surface area contributed by atoms with Crippen LogP contribution in [0, 0.1) is 12.3 Å². The summed E-state index contributed by atoms with van der Waals surface area (Å²) in [7, 11) is 0. The zero-order valence-electron chi connectivity index (χ0n) is 12.7. The van der Waals surface area contributed by atoms with E-state index in [1.54, 1.807) is 17.9 Å². The van der Waals surface area contributed by atoms with Crippen LogP contribution in [-0.2, 0) is 4.79 Å². The van der Waals surface area contributed by atoms with Gasteiger partial charge in [-0.25, -0.2) is 0 Å². The van der Waals surface area contributed by atoms with Gasteiger partial charge in [-0.05, 0) is 32.4 Å². The number of aromatic nitrogens is 1. The number of aryl methyl sites for hydroxylation is 1. The summed E-state index contributed by atoms with van der Waals surface area (Å²) in [6, 6.07) is 9.30. The standard InChI is InChI=1S/C17H18N2O3/c1-11-9-13(12-5-3-4-6-14(12)18-11)15(20)19-8-7-17(2,10-19)16(21)22/h3-6,9H,7-8,10H2,1-2H3,(H,21,22)/t17-/m1/s1. The fourth-order valence-electron chi connectivity index (χ4n) is 2.96. The Morgan fingerprint density at radius 2 is 2.05 bits per heavy atom. The molecular weight excluding hydrogens is 280 g/mol. The number of nitrogens with zero attached hydrogens (tertiary/aromatic N) is 2. The minimum absolute atomic E-state index is 0.119. The lowest BCUT2D eigenvalue weighted by molar-refractivity contribution is -0.147.